The summed E-state index contributed by atoms with van der Waals surface area (Å²) in [5.74, 6) is 0.824. The summed E-state index contributed by atoms with van der Waals surface area (Å²) >= 11 is 0. The lowest BCUT2D eigenvalue weighted by molar-refractivity contribution is 0.0681. The van der Waals surface area contributed by atoms with Gasteiger partial charge in [0.05, 0.1) is 0 Å². The van der Waals surface area contributed by atoms with Crippen molar-refractivity contribution in [1.29, 1.82) is 0 Å². The van der Waals surface area contributed by atoms with Crippen LogP contribution in [0.3, 0.4) is 0 Å². The van der Waals surface area contributed by atoms with Crippen LogP contribution in [-0.2, 0) is 5.41 Å². The zero-order chi connectivity index (χ0) is 16.6. The number of nitrogens with zero attached hydrogens (tertiary/aromatic N) is 1. The molecule has 1 unspecified atom stereocenters. The minimum absolute atomic E-state index is 0.152. The van der Waals surface area contributed by atoms with E-state index in [1.807, 2.05) is 12.1 Å². The molecule has 126 valence electrons. The molecule has 1 aromatic rings. The fourth-order valence-electron chi connectivity index (χ4n) is 2.52. The fraction of sp³-hybridized carbons (Fsp3) is 0.684. The van der Waals surface area contributed by atoms with Crippen molar-refractivity contribution >= 4 is 0 Å². The standard InChI is InChI=1S/C19H33NO2/c1-6-12-20(13-7-2)14-17(21)15-22-18-10-8-16(9-11-18)19(3,4)5/h8-11,17,21H,6-7,12-15H2,1-5H3. The van der Waals surface area contributed by atoms with Crippen molar-refractivity contribution in [3.05, 3.63) is 29.8 Å². The molecule has 0 saturated heterocycles. The molecule has 0 radical (unpaired) electrons. The Balaban J connectivity index is 2.44. The van der Waals surface area contributed by atoms with E-state index in [1.165, 1.54) is 5.56 Å². The Morgan fingerprint density at radius 1 is 1.05 bits per heavy atom. The van der Waals surface area contributed by atoms with Gasteiger partial charge in [0.25, 0.3) is 0 Å². The zero-order valence-electron chi connectivity index (χ0n) is 14.9. The second-order valence-electron chi connectivity index (χ2n) is 7.04. The molecule has 0 bridgehead atoms. The molecule has 0 aliphatic carbocycles. The molecular formula is C19H33NO2. The largest absolute Gasteiger partial charge is 0.491 e. The summed E-state index contributed by atoms with van der Waals surface area (Å²) in [6, 6.07) is 8.18. The highest BCUT2D eigenvalue weighted by atomic mass is 16.5. The molecule has 0 spiro atoms. The molecule has 0 saturated carbocycles. The normalized spacial score (nSPS) is 13.4. The van der Waals surface area contributed by atoms with E-state index < -0.39 is 6.10 Å². The Bertz CT molecular complexity index is 402. The van der Waals surface area contributed by atoms with E-state index in [0.717, 1.165) is 31.7 Å². The van der Waals surface area contributed by atoms with Crippen LogP contribution in [0, 0.1) is 0 Å². The predicted octanol–water partition coefficient (Wildman–Crippen LogP) is 3.85. The van der Waals surface area contributed by atoms with Gasteiger partial charge in [-0.05, 0) is 49.0 Å². The van der Waals surface area contributed by atoms with Gasteiger partial charge < -0.3 is 14.7 Å². The topological polar surface area (TPSA) is 32.7 Å². The molecule has 0 aliphatic rings. The summed E-state index contributed by atoms with van der Waals surface area (Å²) in [7, 11) is 0. The maximum absolute atomic E-state index is 10.2. The fourth-order valence-corrected chi connectivity index (χ4v) is 2.52. The molecule has 1 aromatic carbocycles. The van der Waals surface area contributed by atoms with E-state index in [9.17, 15) is 5.11 Å². The lowest BCUT2D eigenvalue weighted by atomic mass is 9.87. The maximum Gasteiger partial charge on any atom is 0.119 e. The van der Waals surface area contributed by atoms with Gasteiger partial charge in [-0.25, -0.2) is 0 Å². The molecule has 0 heterocycles. The second kappa shape index (κ2) is 9.16. The number of benzene rings is 1. The van der Waals surface area contributed by atoms with Crippen molar-refractivity contribution < 1.29 is 9.84 Å². The highest BCUT2D eigenvalue weighted by Crippen LogP contribution is 2.24. The van der Waals surface area contributed by atoms with Gasteiger partial charge in [0, 0.05) is 6.54 Å². The summed E-state index contributed by atoms with van der Waals surface area (Å²) in [4.78, 5) is 2.30. The molecule has 0 amide bonds. The van der Waals surface area contributed by atoms with Gasteiger partial charge >= 0.3 is 0 Å². The van der Waals surface area contributed by atoms with Crippen molar-refractivity contribution in [3.8, 4) is 5.75 Å². The van der Waals surface area contributed by atoms with E-state index >= 15 is 0 Å². The highest BCUT2D eigenvalue weighted by molar-refractivity contribution is 5.31. The lowest BCUT2D eigenvalue weighted by Crippen LogP contribution is -2.36. The van der Waals surface area contributed by atoms with Gasteiger partial charge in [-0.2, -0.15) is 0 Å². The molecule has 0 fully saturated rings. The third-order valence-electron chi connectivity index (χ3n) is 3.71. The average molecular weight is 307 g/mol. The summed E-state index contributed by atoms with van der Waals surface area (Å²) in [5.41, 5.74) is 1.44. The first-order chi connectivity index (χ1) is 10.4. The van der Waals surface area contributed by atoms with Gasteiger partial charge in [-0.15, -0.1) is 0 Å². The van der Waals surface area contributed by atoms with Crippen LogP contribution in [0.4, 0.5) is 0 Å². The van der Waals surface area contributed by atoms with E-state index in [2.05, 4.69) is 51.7 Å². The minimum Gasteiger partial charge on any atom is -0.491 e. The van der Waals surface area contributed by atoms with E-state index in [0.29, 0.717) is 13.2 Å². The summed E-state index contributed by atoms with van der Waals surface area (Å²) in [6.07, 6.45) is 1.78. The van der Waals surface area contributed by atoms with Gasteiger partial charge in [-0.3, -0.25) is 0 Å². The first-order valence-electron chi connectivity index (χ1n) is 8.50. The third kappa shape index (κ3) is 6.80. The molecule has 3 nitrogen and oxygen atoms in total. The van der Waals surface area contributed by atoms with Crippen molar-refractivity contribution in [1.82, 2.24) is 4.90 Å². The predicted molar refractivity (Wildman–Crippen MR) is 93.7 cm³/mol. The van der Waals surface area contributed by atoms with Crippen LogP contribution in [0.2, 0.25) is 0 Å². The molecular weight excluding hydrogens is 274 g/mol. The molecule has 22 heavy (non-hydrogen) atoms. The monoisotopic (exact) mass is 307 g/mol. The van der Waals surface area contributed by atoms with Crippen molar-refractivity contribution in [3.63, 3.8) is 0 Å². The second-order valence-corrected chi connectivity index (χ2v) is 7.04. The van der Waals surface area contributed by atoms with Gasteiger partial charge in [-0.1, -0.05) is 46.8 Å². The van der Waals surface area contributed by atoms with Crippen molar-refractivity contribution in [2.75, 3.05) is 26.2 Å². The lowest BCUT2D eigenvalue weighted by Gasteiger charge is -2.24. The Morgan fingerprint density at radius 2 is 1.59 bits per heavy atom. The minimum atomic E-state index is -0.444. The zero-order valence-corrected chi connectivity index (χ0v) is 14.9. The molecule has 0 aliphatic heterocycles. The summed E-state index contributed by atoms with van der Waals surface area (Å²) in [6.45, 7) is 14.0. The van der Waals surface area contributed by atoms with Gasteiger partial charge in [0.1, 0.15) is 18.5 Å². The molecule has 1 N–H and O–H groups in total. The van der Waals surface area contributed by atoms with Gasteiger partial charge in [0.2, 0.25) is 0 Å². The number of aliphatic hydroxyl groups is 1. The number of ether oxygens (including phenoxy) is 1. The SMILES string of the molecule is CCCN(CCC)CC(O)COc1ccc(C(C)(C)C)cc1. The van der Waals surface area contributed by atoms with Crippen LogP contribution in [0.1, 0.15) is 53.0 Å². The Morgan fingerprint density at radius 3 is 2.05 bits per heavy atom. The number of aliphatic hydroxyl groups excluding tert-OH is 1. The van der Waals surface area contributed by atoms with E-state index in [4.69, 9.17) is 4.74 Å². The summed E-state index contributed by atoms with van der Waals surface area (Å²) < 4.78 is 5.72. The number of rotatable bonds is 9. The summed E-state index contributed by atoms with van der Waals surface area (Å²) in [5, 5.41) is 10.2. The average Bonchev–Trinajstić information content (AvgIpc) is 2.45. The van der Waals surface area contributed by atoms with Gasteiger partial charge in [0.15, 0.2) is 0 Å². The first kappa shape index (κ1) is 19.0. The number of hydrogen-bond acceptors (Lipinski definition) is 3. The van der Waals surface area contributed by atoms with Crippen LogP contribution < -0.4 is 4.74 Å². The Hall–Kier alpha value is -1.06. The maximum atomic E-state index is 10.2. The Labute approximate surface area is 136 Å². The van der Waals surface area contributed by atoms with E-state index in [-0.39, 0.29) is 5.41 Å². The van der Waals surface area contributed by atoms with Crippen molar-refractivity contribution in [2.24, 2.45) is 0 Å². The quantitative estimate of drug-likeness (QED) is 0.752. The Kier molecular flexibility index (Phi) is 7.91. The smallest absolute Gasteiger partial charge is 0.119 e. The first-order valence-corrected chi connectivity index (χ1v) is 8.50. The van der Waals surface area contributed by atoms with Crippen LogP contribution >= 0.6 is 0 Å². The highest BCUT2D eigenvalue weighted by Gasteiger charge is 2.14. The van der Waals surface area contributed by atoms with Crippen molar-refractivity contribution in [2.45, 2.75) is 59.0 Å². The molecule has 1 atom stereocenters. The molecule has 1 rings (SSSR count). The van der Waals surface area contributed by atoms with E-state index in [1.54, 1.807) is 0 Å². The van der Waals surface area contributed by atoms with Crippen LogP contribution in [0.5, 0.6) is 5.75 Å². The van der Waals surface area contributed by atoms with Crippen LogP contribution in [-0.4, -0.2) is 42.4 Å². The van der Waals surface area contributed by atoms with Crippen LogP contribution in [0.25, 0.3) is 0 Å². The molecule has 3 heteroatoms. The molecule has 0 aromatic heterocycles. The third-order valence-corrected chi connectivity index (χ3v) is 3.71. The number of hydrogen-bond donors (Lipinski definition) is 1. The van der Waals surface area contributed by atoms with Crippen LogP contribution in [0.15, 0.2) is 24.3 Å².